The fourth-order valence-corrected chi connectivity index (χ4v) is 0.725. The van der Waals surface area contributed by atoms with Crippen molar-refractivity contribution in [2.24, 2.45) is 0 Å². The summed E-state index contributed by atoms with van der Waals surface area (Å²) in [5.41, 5.74) is 6.20. The van der Waals surface area contributed by atoms with Crippen LogP contribution in [0.5, 0.6) is 0 Å². The van der Waals surface area contributed by atoms with Gasteiger partial charge in [-0.15, -0.1) is 0 Å². The van der Waals surface area contributed by atoms with E-state index in [1.807, 2.05) is 0 Å². The third-order valence-electron chi connectivity index (χ3n) is 1.11. The van der Waals surface area contributed by atoms with E-state index < -0.39 is 0 Å². The lowest BCUT2D eigenvalue weighted by Crippen LogP contribution is -2.50. The summed E-state index contributed by atoms with van der Waals surface area (Å²) in [6.07, 6.45) is 0. The van der Waals surface area contributed by atoms with Crippen LogP contribution in [0.3, 0.4) is 0 Å². The highest BCUT2D eigenvalue weighted by molar-refractivity contribution is 4.73. The van der Waals surface area contributed by atoms with E-state index in [-0.39, 0.29) is 5.54 Å². The molecule has 3 nitrogen and oxygen atoms in total. The molecular formula is C7H18N2O. The Hall–Kier alpha value is -0.120. The van der Waals surface area contributed by atoms with Crippen LogP contribution in [0, 0.1) is 0 Å². The van der Waals surface area contributed by atoms with E-state index in [9.17, 15) is 0 Å². The van der Waals surface area contributed by atoms with Gasteiger partial charge in [0.25, 0.3) is 0 Å². The molecule has 0 aromatic carbocycles. The maximum Gasteiger partial charge on any atom is 0.0652 e. The van der Waals surface area contributed by atoms with Gasteiger partial charge >= 0.3 is 0 Å². The van der Waals surface area contributed by atoms with Crippen molar-refractivity contribution < 1.29 is 4.74 Å². The Morgan fingerprint density at radius 2 is 2.00 bits per heavy atom. The number of nitrogens with one attached hydrogen (secondary N) is 2. The highest BCUT2D eigenvalue weighted by Crippen LogP contribution is 1.98. The molecule has 0 saturated heterocycles. The second kappa shape index (κ2) is 4.66. The predicted octanol–water partition coefficient (Wildman–Crippen LogP) is 0.525. The lowest BCUT2D eigenvalue weighted by Gasteiger charge is -2.25. The number of hydrogen-bond donors (Lipinski definition) is 2. The Labute approximate surface area is 63.1 Å². The normalized spacial score (nSPS) is 12.0. The van der Waals surface area contributed by atoms with Crippen LogP contribution in [-0.4, -0.2) is 25.8 Å². The van der Waals surface area contributed by atoms with Gasteiger partial charge in [-0.1, -0.05) is 6.92 Å². The number of ether oxygens (including phenoxy) is 1. The first-order valence-electron chi connectivity index (χ1n) is 3.61. The van der Waals surface area contributed by atoms with Gasteiger partial charge in [0.15, 0.2) is 0 Å². The van der Waals surface area contributed by atoms with Gasteiger partial charge in [0.05, 0.1) is 12.1 Å². The second-order valence-electron chi connectivity index (χ2n) is 2.97. The average Bonchev–Trinajstić information content (AvgIpc) is 1.84. The van der Waals surface area contributed by atoms with Crippen molar-refractivity contribution in [2.45, 2.75) is 26.3 Å². The fourth-order valence-electron chi connectivity index (χ4n) is 0.725. The van der Waals surface area contributed by atoms with Crippen molar-refractivity contribution in [3.63, 3.8) is 0 Å². The molecule has 0 aromatic heterocycles. The van der Waals surface area contributed by atoms with Crippen molar-refractivity contribution in [2.75, 3.05) is 20.3 Å². The summed E-state index contributed by atoms with van der Waals surface area (Å²) in [5, 5.41) is 0. The largest absolute Gasteiger partial charge is 0.383 e. The Morgan fingerprint density at radius 3 is 2.40 bits per heavy atom. The van der Waals surface area contributed by atoms with Gasteiger partial charge in [-0.25, -0.2) is 5.43 Å². The van der Waals surface area contributed by atoms with Crippen LogP contribution in [0.2, 0.25) is 0 Å². The summed E-state index contributed by atoms with van der Waals surface area (Å²) in [7, 11) is 1.70. The molecule has 0 amide bonds. The molecule has 0 fully saturated rings. The van der Waals surface area contributed by atoms with Gasteiger partial charge in [-0.3, -0.25) is 5.43 Å². The lowest BCUT2D eigenvalue weighted by atomic mass is 10.1. The Bertz CT molecular complexity index is 83.7. The number of hydrogen-bond acceptors (Lipinski definition) is 3. The predicted molar refractivity (Wildman–Crippen MR) is 42.8 cm³/mol. The SMILES string of the molecule is CCNNC(C)(C)COC. The van der Waals surface area contributed by atoms with Crippen LogP contribution in [0.4, 0.5) is 0 Å². The summed E-state index contributed by atoms with van der Waals surface area (Å²) in [5.74, 6) is 0. The lowest BCUT2D eigenvalue weighted by molar-refractivity contribution is 0.119. The van der Waals surface area contributed by atoms with Crippen LogP contribution in [0.25, 0.3) is 0 Å². The zero-order valence-electron chi connectivity index (χ0n) is 7.32. The van der Waals surface area contributed by atoms with Gasteiger partial charge in [0, 0.05) is 13.7 Å². The molecule has 10 heavy (non-hydrogen) atoms. The first-order valence-corrected chi connectivity index (χ1v) is 3.61. The van der Waals surface area contributed by atoms with Gasteiger partial charge in [-0.2, -0.15) is 0 Å². The third kappa shape index (κ3) is 4.73. The van der Waals surface area contributed by atoms with Crippen molar-refractivity contribution in [3.8, 4) is 0 Å². The molecule has 0 unspecified atom stereocenters. The van der Waals surface area contributed by atoms with Crippen LogP contribution in [0.15, 0.2) is 0 Å². The highest BCUT2D eigenvalue weighted by atomic mass is 16.5. The molecular weight excluding hydrogens is 128 g/mol. The van der Waals surface area contributed by atoms with Crippen molar-refractivity contribution >= 4 is 0 Å². The molecule has 0 aliphatic carbocycles. The molecule has 62 valence electrons. The Morgan fingerprint density at radius 1 is 1.40 bits per heavy atom. The second-order valence-corrected chi connectivity index (χ2v) is 2.97. The van der Waals surface area contributed by atoms with Gasteiger partial charge in [0.1, 0.15) is 0 Å². The van der Waals surface area contributed by atoms with Gasteiger partial charge < -0.3 is 4.74 Å². The Kier molecular flexibility index (Phi) is 4.60. The first-order chi connectivity index (χ1) is 4.62. The minimum Gasteiger partial charge on any atom is -0.383 e. The van der Waals surface area contributed by atoms with Crippen LogP contribution in [-0.2, 0) is 4.74 Å². The molecule has 0 aliphatic heterocycles. The van der Waals surface area contributed by atoms with Crippen LogP contribution < -0.4 is 10.9 Å². The number of hydrazine groups is 1. The average molecular weight is 146 g/mol. The van der Waals surface area contributed by atoms with E-state index in [2.05, 4.69) is 31.6 Å². The molecule has 0 atom stereocenters. The van der Waals surface area contributed by atoms with Gasteiger partial charge in [0.2, 0.25) is 0 Å². The van der Waals surface area contributed by atoms with E-state index in [4.69, 9.17) is 4.74 Å². The van der Waals surface area contributed by atoms with E-state index in [1.165, 1.54) is 0 Å². The topological polar surface area (TPSA) is 33.3 Å². The minimum absolute atomic E-state index is 0.0186. The molecule has 0 rings (SSSR count). The third-order valence-corrected chi connectivity index (χ3v) is 1.11. The van der Waals surface area contributed by atoms with Gasteiger partial charge in [-0.05, 0) is 13.8 Å². The fraction of sp³-hybridized carbons (Fsp3) is 1.00. The minimum atomic E-state index is 0.0186. The summed E-state index contributed by atoms with van der Waals surface area (Å²) in [6.45, 7) is 7.85. The summed E-state index contributed by atoms with van der Waals surface area (Å²) < 4.78 is 5.00. The molecule has 3 heteroatoms. The van der Waals surface area contributed by atoms with E-state index in [1.54, 1.807) is 7.11 Å². The Balaban J connectivity index is 3.42. The van der Waals surface area contributed by atoms with Crippen LogP contribution in [0.1, 0.15) is 20.8 Å². The quantitative estimate of drug-likeness (QED) is 0.555. The zero-order valence-corrected chi connectivity index (χ0v) is 7.32. The van der Waals surface area contributed by atoms with Crippen molar-refractivity contribution in [1.29, 1.82) is 0 Å². The summed E-state index contributed by atoms with van der Waals surface area (Å²) in [4.78, 5) is 0. The van der Waals surface area contributed by atoms with E-state index >= 15 is 0 Å². The molecule has 0 spiro atoms. The first kappa shape index (κ1) is 9.88. The smallest absolute Gasteiger partial charge is 0.0652 e. The molecule has 0 heterocycles. The van der Waals surface area contributed by atoms with Crippen molar-refractivity contribution in [3.05, 3.63) is 0 Å². The standard InChI is InChI=1S/C7H18N2O/c1-5-8-9-7(2,3)6-10-4/h8-9H,5-6H2,1-4H3. The number of methoxy groups -OCH3 is 1. The molecule has 0 bridgehead atoms. The number of rotatable bonds is 5. The maximum atomic E-state index is 5.00. The monoisotopic (exact) mass is 146 g/mol. The maximum absolute atomic E-state index is 5.00. The zero-order chi connectivity index (χ0) is 8.04. The summed E-state index contributed by atoms with van der Waals surface area (Å²) >= 11 is 0. The molecule has 0 aromatic rings. The molecule has 0 radical (unpaired) electrons. The summed E-state index contributed by atoms with van der Waals surface area (Å²) in [6, 6.07) is 0. The molecule has 0 aliphatic rings. The molecule has 0 saturated carbocycles. The van der Waals surface area contributed by atoms with Crippen LogP contribution >= 0.6 is 0 Å². The van der Waals surface area contributed by atoms with E-state index in [0.717, 1.165) is 6.54 Å². The van der Waals surface area contributed by atoms with E-state index in [0.29, 0.717) is 6.61 Å². The highest BCUT2D eigenvalue weighted by Gasteiger charge is 2.14. The van der Waals surface area contributed by atoms with Crippen molar-refractivity contribution in [1.82, 2.24) is 10.9 Å². The molecule has 2 N–H and O–H groups in total.